The van der Waals surface area contributed by atoms with Crippen LogP contribution >= 0.6 is 0 Å². The van der Waals surface area contributed by atoms with E-state index in [1.807, 2.05) is 30.3 Å². The van der Waals surface area contributed by atoms with E-state index in [-0.39, 0.29) is 5.57 Å². The second-order valence-corrected chi connectivity index (χ2v) is 2.89. The zero-order chi connectivity index (χ0) is 9.68. The summed E-state index contributed by atoms with van der Waals surface area (Å²) in [7, 11) is 0. The first-order valence-electron chi connectivity index (χ1n) is 4.15. The van der Waals surface area contributed by atoms with Crippen molar-refractivity contribution in [1.29, 1.82) is 0 Å². The molecule has 0 bridgehead atoms. The predicted octanol–water partition coefficient (Wildman–Crippen LogP) is 2.26. The van der Waals surface area contributed by atoms with Crippen LogP contribution in [0.15, 0.2) is 42.5 Å². The van der Waals surface area contributed by atoms with E-state index in [4.69, 9.17) is 5.11 Å². The van der Waals surface area contributed by atoms with Gasteiger partial charge in [-0.1, -0.05) is 36.9 Å². The molecule has 0 aliphatic carbocycles. The summed E-state index contributed by atoms with van der Waals surface area (Å²) in [5.41, 5.74) is 1.41. The first kappa shape index (κ1) is 9.52. The van der Waals surface area contributed by atoms with Gasteiger partial charge >= 0.3 is 5.97 Å². The van der Waals surface area contributed by atoms with Crippen LogP contribution in [0, 0.1) is 0 Å². The quantitative estimate of drug-likeness (QED) is 0.714. The van der Waals surface area contributed by atoms with Gasteiger partial charge in [-0.15, -0.1) is 0 Å². The van der Waals surface area contributed by atoms with Crippen LogP contribution in [-0.2, 0) is 11.2 Å². The van der Waals surface area contributed by atoms with E-state index < -0.39 is 5.97 Å². The van der Waals surface area contributed by atoms with Crippen LogP contribution in [0.25, 0.3) is 0 Å². The van der Waals surface area contributed by atoms with Crippen molar-refractivity contribution in [1.82, 2.24) is 0 Å². The van der Waals surface area contributed by atoms with Gasteiger partial charge in [-0.05, 0) is 18.4 Å². The number of hydrogen-bond acceptors (Lipinski definition) is 1. The molecule has 0 unspecified atom stereocenters. The molecule has 0 saturated heterocycles. The second kappa shape index (κ2) is 4.45. The monoisotopic (exact) mass is 176 g/mol. The van der Waals surface area contributed by atoms with E-state index >= 15 is 0 Å². The number of rotatable bonds is 4. The molecule has 0 saturated carbocycles. The smallest absolute Gasteiger partial charge is 0.330 e. The lowest BCUT2D eigenvalue weighted by Gasteiger charge is -2.00. The van der Waals surface area contributed by atoms with Crippen LogP contribution < -0.4 is 0 Å². The third-order valence-electron chi connectivity index (χ3n) is 1.86. The van der Waals surface area contributed by atoms with Gasteiger partial charge in [0.15, 0.2) is 0 Å². The molecule has 1 N–H and O–H groups in total. The van der Waals surface area contributed by atoms with Crippen LogP contribution in [0.4, 0.5) is 0 Å². The van der Waals surface area contributed by atoms with Gasteiger partial charge in [-0.2, -0.15) is 0 Å². The summed E-state index contributed by atoms with van der Waals surface area (Å²) in [4.78, 5) is 10.4. The Morgan fingerprint density at radius 3 is 2.46 bits per heavy atom. The summed E-state index contributed by atoms with van der Waals surface area (Å²) >= 11 is 0. The first-order valence-corrected chi connectivity index (χ1v) is 4.15. The number of carbonyl (C=O) groups is 1. The molecule has 2 heteroatoms. The highest BCUT2D eigenvalue weighted by Gasteiger charge is 2.03. The number of carboxylic acids is 1. The Morgan fingerprint density at radius 1 is 1.31 bits per heavy atom. The minimum Gasteiger partial charge on any atom is -0.478 e. The van der Waals surface area contributed by atoms with E-state index in [2.05, 4.69) is 6.58 Å². The maximum absolute atomic E-state index is 10.4. The van der Waals surface area contributed by atoms with E-state index in [1.165, 1.54) is 0 Å². The zero-order valence-electron chi connectivity index (χ0n) is 7.36. The third kappa shape index (κ3) is 3.11. The van der Waals surface area contributed by atoms with Crippen molar-refractivity contribution < 1.29 is 9.90 Å². The molecule has 13 heavy (non-hydrogen) atoms. The van der Waals surface area contributed by atoms with Gasteiger partial charge in [0.1, 0.15) is 0 Å². The van der Waals surface area contributed by atoms with Gasteiger partial charge in [-0.25, -0.2) is 4.79 Å². The van der Waals surface area contributed by atoms with E-state index in [0.717, 1.165) is 12.0 Å². The van der Waals surface area contributed by atoms with Crippen molar-refractivity contribution in [2.75, 3.05) is 0 Å². The minimum atomic E-state index is -0.907. The molecule has 0 radical (unpaired) electrons. The van der Waals surface area contributed by atoms with Crippen molar-refractivity contribution in [3.63, 3.8) is 0 Å². The van der Waals surface area contributed by atoms with Gasteiger partial charge in [-0.3, -0.25) is 0 Å². The molecule has 1 rings (SSSR count). The highest BCUT2D eigenvalue weighted by atomic mass is 16.4. The molecule has 0 heterocycles. The maximum Gasteiger partial charge on any atom is 0.330 e. The number of aliphatic carboxylic acids is 1. The second-order valence-electron chi connectivity index (χ2n) is 2.89. The molecular weight excluding hydrogens is 164 g/mol. The Balaban J connectivity index is 2.44. The molecule has 0 aromatic heterocycles. The molecule has 1 aromatic rings. The number of aryl methyl sites for hydroxylation is 1. The van der Waals surface area contributed by atoms with Gasteiger partial charge in [0.25, 0.3) is 0 Å². The lowest BCUT2D eigenvalue weighted by Crippen LogP contribution is -2.00. The summed E-state index contributed by atoms with van der Waals surface area (Å²) in [5.74, 6) is -0.907. The molecule has 0 amide bonds. The first-order chi connectivity index (χ1) is 6.20. The Morgan fingerprint density at radius 2 is 1.92 bits per heavy atom. The lowest BCUT2D eigenvalue weighted by atomic mass is 10.1. The van der Waals surface area contributed by atoms with Crippen molar-refractivity contribution in [2.45, 2.75) is 12.8 Å². The van der Waals surface area contributed by atoms with E-state index in [1.54, 1.807) is 0 Å². The molecular formula is C11H12O2. The highest BCUT2D eigenvalue weighted by Crippen LogP contribution is 2.07. The van der Waals surface area contributed by atoms with Gasteiger partial charge < -0.3 is 5.11 Å². The minimum absolute atomic E-state index is 0.267. The average Bonchev–Trinajstić information content (AvgIpc) is 2.15. The van der Waals surface area contributed by atoms with Crippen molar-refractivity contribution in [3.8, 4) is 0 Å². The Bertz CT molecular complexity index is 301. The van der Waals surface area contributed by atoms with Crippen LogP contribution in [-0.4, -0.2) is 11.1 Å². The lowest BCUT2D eigenvalue weighted by molar-refractivity contribution is -0.132. The van der Waals surface area contributed by atoms with Crippen LogP contribution in [0.5, 0.6) is 0 Å². The number of carboxylic acid groups (broad SMARTS) is 1. The summed E-state index contributed by atoms with van der Waals surface area (Å²) in [6, 6.07) is 9.79. The fourth-order valence-electron chi connectivity index (χ4n) is 1.05. The van der Waals surface area contributed by atoms with E-state index in [0.29, 0.717) is 6.42 Å². The SMILES string of the molecule is C=C(CCc1ccccc1)C(=O)O. The fraction of sp³-hybridized carbons (Fsp3) is 0.182. The highest BCUT2D eigenvalue weighted by molar-refractivity contribution is 5.85. The third-order valence-corrected chi connectivity index (χ3v) is 1.86. The number of hydrogen-bond donors (Lipinski definition) is 1. The van der Waals surface area contributed by atoms with Crippen LogP contribution in [0.3, 0.4) is 0 Å². The van der Waals surface area contributed by atoms with E-state index in [9.17, 15) is 4.79 Å². The van der Waals surface area contributed by atoms with Crippen molar-refractivity contribution in [3.05, 3.63) is 48.0 Å². The summed E-state index contributed by atoms with van der Waals surface area (Å²) in [5, 5.41) is 8.56. The maximum atomic E-state index is 10.4. The normalized spacial score (nSPS) is 9.54. The molecule has 1 aromatic carbocycles. The Hall–Kier alpha value is -1.57. The van der Waals surface area contributed by atoms with Gasteiger partial charge in [0.05, 0.1) is 0 Å². The zero-order valence-corrected chi connectivity index (χ0v) is 7.36. The van der Waals surface area contributed by atoms with Crippen molar-refractivity contribution in [2.24, 2.45) is 0 Å². The molecule has 2 nitrogen and oxygen atoms in total. The standard InChI is InChI=1S/C11H12O2/c1-9(11(12)13)7-8-10-5-3-2-4-6-10/h2-6H,1,7-8H2,(H,12,13). The molecule has 0 fully saturated rings. The topological polar surface area (TPSA) is 37.3 Å². The van der Waals surface area contributed by atoms with Crippen LogP contribution in [0.1, 0.15) is 12.0 Å². The van der Waals surface area contributed by atoms with Gasteiger partial charge in [0.2, 0.25) is 0 Å². The van der Waals surface area contributed by atoms with Gasteiger partial charge in [0, 0.05) is 5.57 Å². The molecule has 0 spiro atoms. The molecule has 0 aliphatic heterocycles. The summed E-state index contributed by atoms with van der Waals surface area (Å²) in [6.07, 6.45) is 1.26. The average molecular weight is 176 g/mol. The molecule has 0 atom stereocenters. The Labute approximate surface area is 77.5 Å². The summed E-state index contributed by atoms with van der Waals surface area (Å²) < 4.78 is 0. The largest absolute Gasteiger partial charge is 0.478 e. The number of benzene rings is 1. The summed E-state index contributed by atoms with van der Waals surface area (Å²) in [6.45, 7) is 3.47. The molecule has 68 valence electrons. The Kier molecular flexibility index (Phi) is 3.26. The predicted molar refractivity (Wildman–Crippen MR) is 51.5 cm³/mol. The van der Waals surface area contributed by atoms with Crippen molar-refractivity contribution >= 4 is 5.97 Å². The molecule has 0 aliphatic rings. The van der Waals surface area contributed by atoms with Crippen LogP contribution in [0.2, 0.25) is 0 Å². The fourth-order valence-corrected chi connectivity index (χ4v) is 1.05.